The summed E-state index contributed by atoms with van der Waals surface area (Å²) < 4.78 is 10.3. The molecule has 0 saturated carbocycles. The molecule has 0 aliphatic heterocycles. The molecule has 1 aromatic carbocycles. The Bertz CT molecular complexity index is 431. The van der Waals surface area contributed by atoms with Gasteiger partial charge in [-0.3, -0.25) is 0 Å². The van der Waals surface area contributed by atoms with Crippen molar-refractivity contribution in [1.82, 2.24) is 0 Å². The summed E-state index contributed by atoms with van der Waals surface area (Å²) in [7, 11) is 1.76. The molecule has 0 bridgehead atoms. The number of furan rings is 1. The van der Waals surface area contributed by atoms with Gasteiger partial charge in [0.05, 0.1) is 12.5 Å². The van der Waals surface area contributed by atoms with Crippen molar-refractivity contribution in [3.05, 3.63) is 36.3 Å². The second kappa shape index (κ2) is 5.71. The lowest BCUT2D eigenvalue weighted by molar-refractivity contribution is 0.192. The van der Waals surface area contributed by atoms with E-state index in [-0.39, 0.29) is 0 Å². The Balaban J connectivity index is 1.91. The van der Waals surface area contributed by atoms with Crippen LogP contribution in [0.15, 0.2) is 35.1 Å². The summed E-state index contributed by atoms with van der Waals surface area (Å²) in [5.74, 6) is 0. The number of hydrogen-bond acceptors (Lipinski definition) is 2. The minimum Gasteiger partial charge on any atom is -0.471 e. The van der Waals surface area contributed by atoms with Gasteiger partial charge in [0.25, 0.3) is 0 Å². The third kappa shape index (κ3) is 2.64. The molecule has 0 aliphatic rings. The van der Waals surface area contributed by atoms with Crippen molar-refractivity contribution in [2.45, 2.75) is 25.7 Å². The molecule has 0 fully saturated rings. The van der Waals surface area contributed by atoms with Crippen molar-refractivity contribution in [2.24, 2.45) is 0 Å². The Morgan fingerprint density at radius 2 is 2.06 bits per heavy atom. The van der Waals surface area contributed by atoms with Gasteiger partial charge in [-0.25, -0.2) is 0 Å². The van der Waals surface area contributed by atoms with Gasteiger partial charge in [0.2, 0.25) is 0 Å². The van der Waals surface area contributed by atoms with Crippen molar-refractivity contribution in [2.75, 3.05) is 13.7 Å². The fraction of sp³-hybridized carbons (Fsp3) is 0.429. The van der Waals surface area contributed by atoms with Gasteiger partial charge in [-0.05, 0) is 24.8 Å². The number of ether oxygens (including phenoxy) is 1. The smallest absolute Gasteiger partial charge is 0.0984 e. The number of benzene rings is 1. The van der Waals surface area contributed by atoms with Gasteiger partial charge in [0, 0.05) is 24.5 Å². The van der Waals surface area contributed by atoms with Crippen LogP contribution >= 0.6 is 0 Å². The number of methoxy groups -OCH3 is 1. The SMILES string of the molecule is COCCCCCc1cccc2cocc12. The zero-order chi connectivity index (χ0) is 11.2. The Morgan fingerprint density at radius 1 is 1.12 bits per heavy atom. The van der Waals surface area contributed by atoms with E-state index in [0.29, 0.717) is 0 Å². The molecule has 1 aromatic heterocycles. The molecule has 0 amide bonds. The van der Waals surface area contributed by atoms with Crippen LogP contribution < -0.4 is 0 Å². The van der Waals surface area contributed by atoms with E-state index in [0.717, 1.165) is 19.4 Å². The number of unbranched alkanes of at least 4 members (excludes halogenated alkanes) is 2. The lowest BCUT2D eigenvalue weighted by Crippen LogP contribution is -1.90. The lowest BCUT2D eigenvalue weighted by Gasteiger charge is -2.02. The van der Waals surface area contributed by atoms with Crippen LogP contribution in [0.5, 0.6) is 0 Å². The molecule has 2 rings (SSSR count). The highest BCUT2D eigenvalue weighted by Gasteiger charge is 2.02. The van der Waals surface area contributed by atoms with Gasteiger partial charge in [-0.15, -0.1) is 0 Å². The van der Waals surface area contributed by atoms with Gasteiger partial charge < -0.3 is 9.15 Å². The fourth-order valence-electron chi connectivity index (χ4n) is 2.01. The monoisotopic (exact) mass is 218 g/mol. The number of aryl methyl sites for hydroxylation is 1. The van der Waals surface area contributed by atoms with E-state index in [9.17, 15) is 0 Å². The molecule has 2 aromatic rings. The second-order valence-corrected chi connectivity index (χ2v) is 4.10. The Kier molecular flexibility index (Phi) is 4.00. The van der Waals surface area contributed by atoms with Crippen LogP contribution in [0.4, 0.5) is 0 Å². The van der Waals surface area contributed by atoms with Gasteiger partial charge in [-0.2, -0.15) is 0 Å². The summed E-state index contributed by atoms with van der Waals surface area (Å²) in [6.07, 6.45) is 8.37. The Morgan fingerprint density at radius 3 is 2.94 bits per heavy atom. The lowest BCUT2D eigenvalue weighted by atomic mass is 10.0. The molecule has 86 valence electrons. The first kappa shape index (κ1) is 11.2. The van der Waals surface area contributed by atoms with Gasteiger partial charge >= 0.3 is 0 Å². The minimum absolute atomic E-state index is 0.871. The molecule has 16 heavy (non-hydrogen) atoms. The minimum atomic E-state index is 0.871. The van der Waals surface area contributed by atoms with Crippen molar-refractivity contribution in [1.29, 1.82) is 0 Å². The molecule has 0 saturated heterocycles. The summed E-state index contributed by atoms with van der Waals surface area (Å²) in [6.45, 7) is 0.871. The van der Waals surface area contributed by atoms with Crippen molar-refractivity contribution >= 4 is 10.8 Å². The van der Waals surface area contributed by atoms with E-state index in [1.54, 1.807) is 7.11 Å². The van der Waals surface area contributed by atoms with Crippen LogP contribution in [0, 0.1) is 0 Å². The molecule has 1 heterocycles. The second-order valence-electron chi connectivity index (χ2n) is 4.10. The predicted octanol–water partition coefficient (Wildman–Crippen LogP) is 3.79. The first-order valence-corrected chi connectivity index (χ1v) is 5.84. The zero-order valence-electron chi connectivity index (χ0n) is 9.74. The van der Waals surface area contributed by atoms with E-state index in [1.807, 2.05) is 12.5 Å². The molecule has 0 N–H and O–H groups in total. The van der Waals surface area contributed by atoms with Crippen molar-refractivity contribution in [3.8, 4) is 0 Å². The quantitative estimate of drug-likeness (QED) is 0.688. The van der Waals surface area contributed by atoms with E-state index < -0.39 is 0 Å². The summed E-state index contributed by atoms with van der Waals surface area (Å²) in [4.78, 5) is 0. The molecule has 0 atom stereocenters. The van der Waals surface area contributed by atoms with E-state index in [2.05, 4.69) is 18.2 Å². The van der Waals surface area contributed by atoms with Gasteiger partial charge in [-0.1, -0.05) is 24.6 Å². The Hall–Kier alpha value is -1.28. The molecule has 0 unspecified atom stereocenters. The first-order valence-electron chi connectivity index (χ1n) is 5.84. The third-order valence-corrected chi connectivity index (χ3v) is 2.91. The highest BCUT2D eigenvalue weighted by molar-refractivity contribution is 5.84. The van der Waals surface area contributed by atoms with Crippen LogP contribution in [-0.2, 0) is 11.2 Å². The van der Waals surface area contributed by atoms with Crippen molar-refractivity contribution in [3.63, 3.8) is 0 Å². The molecule has 0 radical (unpaired) electrons. The summed E-state index contributed by atoms with van der Waals surface area (Å²) >= 11 is 0. The molecule has 2 heteroatoms. The maximum Gasteiger partial charge on any atom is 0.0984 e. The molecule has 2 nitrogen and oxygen atoms in total. The molecular formula is C14H18O2. The fourth-order valence-corrected chi connectivity index (χ4v) is 2.01. The average Bonchev–Trinajstić information content (AvgIpc) is 2.77. The van der Waals surface area contributed by atoms with E-state index >= 15 is 0 Å². The number of fused-ring (bicyclic) bond motifs is 1. The van der Waals surface area contributed by atoms with Gasteiger partial charge in [0.1, 0.15) is 0 Å². The van der Waals surface area contributed by atoms with Crippen LogP contribution in [0.2, 0.25) is 0 Å². The predicted molar refractivity (Wildman–Crippen MR) is 65.6 cm³/mol. The van der Waals surface area contributed by atoms with E-state index in [4.69, 9.17) is 9.15 Å². The maximum absolute atomic E-state index is 5.23. The average molecular weight is 218 g/mol. The standard InChI is InChI=1S/C14H18O2/c1-15-9-4-2-3-6-12-7-5-8-13-10-16-11-14(12)13/h5,7-8,10-11H,2-4,6,9H2,1H3. The van der Waals surface area contributed by atoms with Crippen LogP contribution in [-0.4, -0.2) is 13.7 Å². The highest BCUT2D eigenvalue weighted by atomic mass is 16.5. The van der Waals surface area contributed by atoms with E-state index in [1.165, 1.54) is 29.2 Å². The zero-order valence-corrected chi connectivity index (χ0v) is 9.74. The Labute approximate surface area is 96.2 Å². The summed E-state index contributed by atoms with van der Waals surface area (Å²) in [6, 6.07) is 6.38. The van der Waals surface area contributed by atoms with Crippen molar-refractivity contribution < 1.29 is 9.15 Å². The maximum atomic E-state index is 5.23. The normalized spacial score (nSPS) is 11.1. The van der Waals surface area contributed by atoms with Crippen LogP contribution in [0.25, 0.3) is 10.8 Å². The van der Waals surface area contributed by atoms with Crippen LogP contribution in [0.3, 0.4) is 0 Å². The molecule has 0 aliphatic carbocycles. The molecule has 0 spiro atoms. The van der Waals surface area contributed by atoms with Gasteiger partial charge in [0.15, 0.2) is 0 Å². The summed E-state index contributed by atoms with van der Waals surface area (Å²) in [5, 5.41) is 2.46. The number of rotatable bonds is 6. The highest BCUT2D eigenvalue weighted by Crippen LogP contribution is 2.21. The molecular weight excluding hydrogens is 200 g/mol. The summed E-state index contributed by atoms with van der Waals surface area (Å²) in [5.41, 5.74) is 1.39. The van der Waals surface area contributed by atoms with Crippen LogP contribution in [0.1, 0.15) is 24.8 Å². The topological polar surface area (TPSA) is 22.4 Å². The first-order chi connectivity index (χ1) is 7.92. The third-order valence-electron chi connectivity index (χ3n) is 2.91. The number of hydrogen-bond donors (Lipinski definition) is 0. The largest absolute Gasteiger partial charge is 0.471 e.